The average molecular weight is 286 g/mol. The number of nitrogens with one attached hydrogen (secondary N) is 1. The predicted octanol–water partition coefficient (Wildman–Crippen LogP) is 1.38. The Hall–Kier alpha value is -1.39. The highest BCUT2D eigenvalue weighted by Gasteiger charge is 2.48. The molecule has 1 aromatic carbocycles. The number of hydrogen-bond acceptors (Lipinski definition) is 3. The Kier molecular flexibility index (Phi) is 3.23. The van der Waals surface area contributed by atoms with Crippen molar-refractivity contribution in [2.75, 3.05) is 32.8 Å². The van der Waals surface area contributed by atoms with Crippen LogP contribution in [0.25, 0.3) is 0 Å². The van der Waals surface area contributed by atoms with Crippen LogP contribution in [0, 0.1) is 5.92 Å². The number of hydrogen-bond donors (Lipinski definition) is 1. The lowest BCUT2D eigenvalue weighted by Crippen LogP contribution is -2.55. The summed E-state index contributed by atoms with van der Waals surface area (Å²) in [6, 6.07) is 10.4. The van der Waals surface area contributed by atoms with Crippen molar-refractivity contribution in [1.82, 2.24) is 10.2 Å². The number of rotatable bonds is 2. The monoisotopic (exact) mass is 286 g/mol. The molecule has 1 unspecified atom stereocenters. The first-order valence-corrected chi connectivity index (χ1v) is 7.96. The second-order valence-corrected chi connectivity index (χ2v) is 6.58. The van der Waals surface area contributed by atoms with Gasteiger partial charge in [0.1, 0.15) is 0 Å². The maximum atomic E-state index is 12.7. The fourth-order valence-electron chi connectivity index (χ4n) is 3.78. The molecule has 4 rings (SSSR count). The second-order valence-electron chi connectivity index (χ2n) is 6.58. The van der Waals surface area contributed by atoms with Gasteiger partial charge in [0.25, 0.3) is 0 Å². The van der Waals surface area contributed by atoms with E-state index in [4.69, 9.17) is 4.74 Å². The van der Waals surface area contributed by atoms with Gasteiger partial charge in [-0.3, -0.25) is 4.79 Å². The van der Waals surface area contributed by atoms with Gasteiger partial charge in [-0.2, -0.15) is 0 Å². The zero-order valence-electron chi connectivity index (χ0n) is 12.3. The number of benzene rings is 1. The van der Waals surface area contributed by atoms with E-state index in [-0.39, 0.29) is 11.5 Å². The zero-order chi connectivity index (χ0) is 14.3. The van der Waals surface area contributed by atoms with E-state index in [0.717, 1.165) is 39.0 Å². The van der Waals surface area contributed by atoms with E-state index < -0.39 is 0 Å². The van der Waals surface area contributed by atoms with Crippen LogP contribution in [0.3, 0.4) is 0 Å². The molecule has 0 bridgehead atoms. The van der Waals surface area contributed by atoms with Crippen molar-refractivity contribution in [2.45, 2.75) is 24.4 Å². The molecule has 21 heavy (non-hydrogen) atoms. The topological polar surface area (TPSA) is 41.6 Å². The van der Waals surface area contributed by atoms with Crippen molar-refractivity contribution in [1.29, 1.82) is 0 Å². The highest BCUT2D eigenvalue weighted by molar-refractivity contribution is 5.83. The molecular formula is C17H22N2O2. The molecule has 1 saturated carbocycles. The molecule has 112 valence electrons. The summed E-state index contributed by atoms with van der Waals surface area (Å²) in [5, 5.41) is 3.36. The molecule has 1 aromatic rings. The van der Waals surface area contributed by atoms with E-state index >= 15 is 0 Å². The summed E-state index contributed by atoms with van der Waals surface area (Å²) in [6.07, 6.45) is 2.02. The van der Waals surface area contributed by atoms with E-state index in [2.05, 4.69) is 29.6 Å². The quantitative estimate of drug-likeness (QED) is 0.893. The van der Waals surface area contributed by atoms with Gasteiger partial charge in [-0.05, 0) is 30.9 Å². The molecule has 2 heterocycles. The number of carbonyl (C=O) groups excluding carboxylic acids is 1. The van der Waals surface area contributed by atoms with Crippen LogP contribution in [-0.2, 0) is 9.53 Å². The first kappa shape index (κ1) is 13.3. The third-order valence-corrected chi connectivity index (χ3v) is 5.10. The molecule has 1 amide bonds. The Labute approximate surface area is 125 Å². The molecule has 2 saturated heterocycles. The number of carbonyl (C=O) groups is 1. The van der Waals surface area contributed by atoms with Crippen molar-refractivity contribution in [3.8, 4) is 0 Å². The largest absolute Gasteiger partial charge is 0.370 e. The molecule has 0 aromatic heterocycles. The molecule has 1 aliphatic carbocycles. The molecule has 4 heteroatoms. The van der Waals surface area contributed by atoms with Crippen molar-refractivity contribution in [3.05, 3.63) is 35.9 Å². The van der Waals surface area contributed by atoms with Gasteiger partial charge >= 0.3 is 0 Å². The van der Waals surface area contributed by atoms with Gasteiger partial charge in [0.05, 0.1) is 18.8 Å². The molecule has 1 spiro atoms. The van der Waals surface area contributed by atoms with Gasteiger partial charge in [0, 0.05) is 19.0 Å². The van der Waals surface area contributed by atoms with Crippen LogP contribution >= 0.6 is 0 Å². The summed E-state index contributed by atoms with van der Waals surface area (Å²) >= 11 is 0. The van der Waals surface area contributed by atoms with Gasteiger partial charge in [0.2, 0.25) is 5.91 Å². The zero-order valence-corrected chi connectivity index (χ0v) is 12.3. The van der Waals surface area contributed by atoms with E-state index in [0.29, 0.717) is 18.4 Å². The van der Waals surface area contributed by atoms with Crippen molar-refractivity contribution in [2.24, 2.45) is 5.92 Å². The number of ether oxygens (including phenoxy) is 1. The van der Waals surface area contributed by atoms with Crippen molar-refractivity contribution < 1.29 is 9.53 Å². The molecule has 3 aliphatic rings. The normalized spacial score (nSPS) is 35.1. The lowest BCUT2D eigenvalue weighted by Gasteiger charge is -2.40. The minimum atomic E-state index is -0.120. The Balaban J connectivity index is 1.42. The SMILES string of the molecule is O=C([C@@H]1C[C@H]1c1ccccc1)N1CCOC2(CCNC2)C1. The fourth-order valence-corrected chi connectivity index (χ4v) is 3.78. The molecule has 3 fully saturated rings. The summed E-state index contributed by atoms with van der Waals surface area (Å²) in [7, 11) is 0. The van der Waals surface area contributed by atoms with Gasteiger partial charge in [-0.1, -0.05) is 30.3 Å². The van der Waals surface area contributed by atoms with Crippen LogP contribution in [0.5, 0.6) is 0 Å². The summed E-state index contributed by atoms with van der Waals surface area (Å²) in [5.41, 5.74) is 1.19. The first-order chi connectivity index (χ1) is 10.3. The van der Waals surface area contributed by atoms with Gasteiger partial charge in [0.15, 0.2) is 0 Å². The smallest absolute Gasteiger partial charge is 0.226 e. The highest BCUT2D eigenvalue weighted by atomic mass is 16.5. The van der Waals surface area contributed by atoms with Crippen LogP contribution in [0.15, 0.2) is 30.3 Å². The summed E-state index contributed by atoms with van der Waals surface area (Å²) in [6.45, 7) is 4.06. The Morgan fingerprint density at radius 1 is 1.33 bits per heavy atom. The number of amides is 1. The lowest BCUT2D eigenvalue weighted by atomic mass is 10.00. The van der Waals surface area contributed by atoms with Crippen LogP contribution in [0.4, 0.5) is 0 Å². The molecule has 4 nitrogen and oxygen atoms in total. The molecule has 3 atom stereocenters. The number of nitrogens with zero attached hydrogens (tertiary/aromatic N) is 1. The molecule has 0 radical (unpaired) electrons. The maximum Gasteiger partial charge on any atom is 0.226 e. The Bertz CT molecular complexity index is 525. The maximum absolute atomic E-state index is 12.7. The molecular weight excluding hydrogens is 264 g/mol. The van der Waals surface area contributed by atoms with Crippen LogP contribution < -0.4 is 5.32 Å². The first-order valence-electron chi connectivity index (χ1n) is 7.96. The van der Waals surface area contributed by atoms with E-state index in [1.807, 2.05) is 11.0 Å². The summed E-state index contributed by atoms with van der Waals surface area (Å²) in [5.74, 6) is 0.953. The minimum Gasteiger partial charge on any atom is -0.370 e. The highest BCUT2D eigenvalue weighted by Crippen LogP contribution is 2.48. The van der Waals surface area contributed by atoms with Crippen molar-refractivity contribution in [3.63, 3.8) is 0 Å². The van der Waals surface area contributed by atoms with Gasteiger partial charge in [-0.15, -0.1) is 0 Å². The van der Waals surface area contributed by atoms with Crippen molar-refractivity contribution >= 4 is 5.91 Å². The third kappa shape index (κ3) is 2.47. The third-order valence-electron chi connectivity index (χ3n) is 5.10. The summed E-state index contributed by atoms with van der Waals surface area (Å²) in [4.78, 5) is 14.8. The van der Waals surface area contributed by atoms with Gasteiger partial charge < -0.3 is 15.0 Å². The lowest BCUT2D eigenvalue weighted by molar-refractivity contribution is -0.149. The Morgan fingerprint density at radius 2 is 2.19 bits per heavy atom. The van der Waals surface area contributed by atoms with E-state index in [1.165, 1.54) is 5.56 Å². The Morgan fingerprint density at radius 3 is 2.95 bits per heavy atom. The van der Waals surface area contributed by atoms with Gasteiger partial charge in [-0.25, -0.2) is 0 Å². The van der Waals surface area contributed by atoms with Crippen LogP contribution in [-0.4, -0.2) is 49.2 Å². The molecule has 2 aliphatic heterocycles. The fraction of sp³-hybridized carbons (Fsp3) is 0.588. The van der Waals surface area contributed by atoms with E-state index in [9.17, 15) is 4.79 Å². The predicted molar refractivity (Wildman–Crippen MR) is 80.0 cm³/mol. The van der Waals surface area contributed by atoms with Crippen LogP contribution in [0.2, 0.25) is 0 Å². The minimum absolute atomic E-state index is 0.120. The molecule has 1 N–H and O–H groups in total. The standard InChI is InChI=1S/C17H22N2O2/c20-16(15-10-14(15)13-4-2-1-3-5-13)19-8-9-21-17(12-19)6-7-18-11-17/h1-5,14-15,18H,6-12H2/t14-,15+,17?/m0/s1. The summed E-state index contributed by atoms with van der Waals surface area (Å²) < 4.78 is 5.96. The van der Waals surface area contributed by atoms with E-state index in [1.54, 1.807) is 0 Å². The second kappa shape index (κ2) is 5.11. The number of morpholine rings is 1. The average Bonchev–Trinajstić information content (AvgIpc) is 3.22. The van der Waals surface area contributed by atoms with Crippen LogP contribution in [0.1, 0.15) is 24.3 Å².